The van der Waals surface area contributed by atoms with Crippen LogP contribution in [0, 0.1) is 6.92 Å². The predicted molar refractivity (Wildman–Crippen MR) is 112 cm³/mol. The first-order valence-corrected chi connectivity index (χ1v) is 9.42. The van der Waals surface area contributed by atoms with E-state index in [9.17, 15) is 14.4 Å². The summed E-state index contributed by atoms with van der Waals surface area (Å²) < 4.78 is 11.8. The number of carbonyl (C=O) groups excluding carboxylic acids is 2. The zero-order valence-corrected chi connectivity index (χ0v) is 16.5. The second kappa shape index (κ2) is 7.82. The smallest absolute Gasteiger partial charge is 0.347 e. The van der Waals surface area contributed by atoms with Crippen molar-refractivity contribution in [3.63, 3.8) is 0 Å². The van der Waals surface area contributed by atoms with Crippen molar-refractivity contribution in [3.05, 3.63) is 70.2 Å². The molecule has 2 aromatic carbocycles. The highest BCUT2D eigenvalue weighted by Gasteiger charge is 2.15. The number of benzene rings is 2. The number of nitrogens with zero attached hydrogens (tertiary/aromatic N) is 2. The molecule has 0 atom stereocenters. The van der Waals surface area contributed by atoms with Crippen molar-refractivity contribution in [3.8, 4) is 0 Å². The minimum absolute atomic E-state index is 0.0877. The van der Waals surface area contributed by atoms with Gasteiger partial charge in [0, 0.05) is 11.1 Å². The predicted octanol–water partition coefficient (Wildman–Crippen LogP) is 3.27. The third kappa shape index (κ3) is 3.67. The summed E-state index contributed by atoms with van der Waals surface area (Å²) in [7, 11) is 0. The number of ether oxygens (including phenoxy) is 1. The van der Waals surface area contributed by atoms with E-state index in [1.54, 1.807) is 37.3 Å². The van der Waals surface area contributed by atoms with Crippen molar-refractivity contribution in [2.24, 2.45) is 0 Å². The Morgan fingerprint density at radius 1 is 1.13 bits per heavy atom. The van der Waals surface area contributed by atoms with E-state index in [1.165, 1.54) is 10.9 Å². The summed E-state index contributed by atoms with van der Waals surface area (Å²) in [6.07, 6.45) is 1.41. The molecule has 2 aromatic heterocycles. The molecule has 0 radical (unpaired) electrons. The largest absolute Gasteiger partial charge is 0.462 e. The van der Waals surface area contributed by atoms with Crippen molar-refractivity contribution in [1.29, 1.82) is 0 Å². The van der Waals surface area contributed by atoms with Crippen LogP contribution in [0.25, 0.3) is 21.9 Å². The van der Waals surface area contributed by atoms with Gasteiger partial charge in [0.05, 0.1) is 23.9 Å². The molecule has 4 rings (SSSR count). The third-order valence-electron chi connectivity index (χ3n) is 4.63. The second-order valence-electron chi connectivity index (χ2n) is 6.80. The molecular weight excluding hydrogens is 386 g/mol. The highest BCUT2D eigenvalue weighted by molar-refractivity contribution is 6.03. The first-order valence-electron chi connectivity index (χ1n) is 9.42. The van der Waals surface area contributed by atoms with E-state index >= 15 is 0 Å². The van der Waals surface area contributed by atoms with E-state index in [0.717, 1.165) is 5.56 Å². The van der Waals surface area contributed by atoms with Crippen LogP contribution in [0.3, 0.4) is 0 Å². The van der Waals surface area contributed by atoms with Gasteiger partial charge in [0.15, 0.2) is 0 Å². The fourth-order valence-electron chi connectivity index (χ4n) is 3.25. The van der Waals surface area contributed by atoms with Crippen LogP contribution in [0.4, 0.5) is 5.69 Å². The molecular formula is C22H19N3O5. The molecule has 0 aliphatic carbocycles. The maximum atomic E-state index is 12.6. The van der Waals surface area contributed by atoms with Crippen molar-refractivity contribution in [1.82, 2.24) is 9.78 Å². The lowest BCUT2D eigenvalue weighted by Crippen LogP contribution is -2.19. The van der Waals surface area contributed by atoms with Crippen LogP contribution in [0.2, 0.25) is 0 Å². The van der Waals surface area contributed by atoms with Gasteiger partial charge >= 0.3 is 11.6 Å². The highest BCUT2D eigenvalue weighted by atomic mass is 16.5. The zero-order valence-electron chi connectivity index (χ0n) is 16.5. The van der Waals surface area contributed by atoms with E-state index in [4.69, 9.17) is 9.15 Å². The molecule has 0 bridgehead atoms. The lowest BCUT2D eigenvalue weighted by molar-refractivity contribution is -0.116. The van der Waals surface area contributed by atoms with E-state index in [0.29, 0.717) is 39.7 Å². The minimum atomic E-state index is -0.498. The van der Waals surface area contributed by atoms with E-state index in [1.807, 2.05) is 19.1 Å². The maximum absolute atomic E-state index is 12.6. The first kappa shape index (κ1) is 19.4. The van der Waals surface area contributed by atoms with Gasteiger partial charge in [-0.05, 0) is 50.2 Å². The Bertz CT molecular complexity index is 1320. The molecule has 0 saturated heterocycles. The highest BCUT2D eigenvalue weighted by Crippen LogP contribution is 2.24. The number of anilines is 1. The lowest BCUT2D eigenvalue weighted by Gasteiger charge is -2.08. The van der Waals surface area contributed by atoms with Gasteiger partial charge in [0.2, 0.25) is 5.91 Å². The van der Waals surface area contributed by atoms with Gasteiger partial charge in [-0.2, -0.15) is 5.10 Å². The van der Waals surface area contributed by atoms with Gasteiger partial charge in [-0.15, -0.1) is 0 Å². The van der Waals surface area contributed by atoms with Gasteiger partial charge in [-0.3, -0.25) is 9.48 Å². The summed E-state index contributed by atoms with van der Waals surface area (Å²) in [5.41, 5.74) is 2.43. The Kier molecular flexibility index (Phi) is 5.05. The van der Waals surface area contributed by atoms with Gasteiger partial charge < -0.3 is 14.5 Å². The number of nitrogens with one attached hydrogen (secondary N) is 1. The molecule has 8 heteroatoms. The number of hydrogen-bond donors (Lipinski definition) is 1. The molecule has 1 N–H and O–H groups in total. The SMILES string of the molecule is CCOC(=O)c1ccc(NC(=O)Cn2ncc3c(=O)oc4ccc(C)cc4c32)cc1. The number of fused-ring (bicyclic) bond motifs is 3. The lowest BCUT2D eigenvalue weighted by atomic mass is 10.1. The maximum Gasteiger partial charge on any atom is 0.347 e. The molecule has 0 spiro atoms. The van der Waals surface area contributed by atoms with Crippen LogP contribution in [0.5, 0.6) is 0 Å². The minimum Gasteiger partial charge on any atom is -0.462 e. The first-order chi connectivity index (χ1) is 14.5. The molecule has 0 aliphatic heterocycles. The Balaban J connectivity index is 1.59. The number of esters is 1. The van der Waals surface area contributed by atoms with Crippen LogP contribution < -0.4 is 10.9 Å². The van der Waals surface area contributed by atoms with Crippen molar-refractivity contribution < 1.29 is 18.7 Å². The van der Waals surface area contributed by atoms with Gasteiger partial charge in [0.1, 0.15) is 17.5 Å². The van der Waals surface area contributed by atoms with Gasteiger partial charge in [0.25, 0.3) is 0 Å². The van der Waals surface area contributed by atoms with Gasteiger partial charge in [-0.1, -0.05) is 11.6 Å². The summed E-state index contributed by atoms with van der Waals surface area (Å²) in [5.74, 6) is -0.739. The summed E-state index contributed by atoms with van der Waals surface area (Å²) in [6, 6.07) is 11.9. The molecule has 8 nitrogen and oxygen atoms in total. The van der Waals surface area contributed by atoms with Crippen molar-refractivity contribution in [2.45, 2.75) is 20.4 Å². The van der Waals surface area contributed by atoms with Crippen molar-refractivity contribution in [2.75, 3.05) is 11.9 Å². The number of aryl methyl sites for hydroxylation is 1. The van der Waals surface area contributed by atoms with Crippen LogP contribution in [0.1, 0.15) is 22.8 Å². The average Bonchev–Trinajstić information content (AvgIpc) is 3.14. The third-order valence-corrected chi connectivity index (χ3v) is 4.63. The molecule has 30 heavy (non-hydrogen) atoms. The summed E-state index contributed by atoms with van der Waals surface area (Å²) in [4.78, 5) is 36.5. The normalized spacial score (nSPS) is 11.0. The van der Waals surface area contributed by atoms with E-state index < -0.39 is 11.6 Å². The molecule has 0 aliphatic rings. The molecule has 152 valence electrons. The standard InChI is InChI=1S/C22H19N3O5/c1-3-29-21(27)14-5-7-15(8-6-14)24-19(26)12-25-20-16-10-13(2)4-9-18(16)30-22(28)17(20)11-23-25/h4-11H,3,12H2,1-2H3,(H,24,26). The monoisotopic (exact) mass is 405 g/mol. The topological polar surface area (TPSA) is 103 Å². The molecule has 2 heterocycles. The number of carbonyl (C=O) groups is 2. The average molecular weight is 405 g/mol. The zero-order chi connectivity index (χ0) is 21.3. The van der Waals surface area contributed by atoms with Crippen LogP contribution in [-0.2, 0) is 16.1 Å². The van der Waals surface area contributed by atoms with Crippen LogP contribution >= 0.6 is 0 Å². The Hall–Kier alpha value is -3.94. The second-order valence-corrected chi connectivity index (χ2v) is 6.80. The molecule has 0 unspecified atom stereocenters. The number of aromatic nitrogens is 2. The molecule has 4 aromatic rings. The summed E-state index contributed by atoms with van der Waals surface area (Å²) in [6.45, 7) is 3.88. The Morgan fingerprint density at radius 3 is 2.63 bits per heavy atom. The van der Waals surface area contributed by atoms with Gasteiger partial charge in [-0.25, -0.2) is 9.59 Å². The summed E-state index contributed by atoms with van der Waals surface area (Å²) >= 11 is 0. The van der Waals surface area contributed by atoms with Crippen LogP contribution in [0.15, 0.2) is 57.9 Å². The number of hydrogen-bond acceptors (Lipinski definition) is 6. The van der Waals surface area contributed by atoms with E-state index in [2.05, 4.69) is 10.4 Å². The Morgan fingerprint density at radius 2 is 1.90 bits per heavy atom. The van der Waals surface area contributed by atoms with E-state index in [-0.39, 0.29) is 12.5 Å². The fraction of sp³-hybridized carbons (Fsp3) is 0.182. The van der Waals surface area contributed by atoms with Crippen LogP contribution in [-0.4, -0.2) is 28.3 Å². The molecule has 1 amide bonds. The van der Waals surface area contributed by atoms with Crippen molar-refractivity contribution >= 4 is 39.4 Å². The Labute approximate surface area is 171 Å². The summed E-state index contributed by atoms with van der Waals surface area (Å²) in [5, 5.41) is 8.01. The fourth-order valence-corrected chi connectivity index (χ4v) is 3.25. The quantitative estimate of drug-likeness (QED) is 0.404. The molecule has 0 fully saturated rings. The number of amides is 1. The molecule has 0 saturated carbocycles. The number of rotatable bonds is 5.